The second-order valence-electron chi connectivity index (χ2n) is 9.41. The van der Waals surface area contributed by atoms with E-state index in [1.165, 1.54) is 0 Å². The highest BCUT2D eigenvalue weighted by Crippen LogP contribution is 2.43. The molecule has 3 aromatic carbocycles. The summed E-state index contributed by atoms with van der Waals surface area (Å²) in [5.41, 5.74) is 0. The van der Waals surface area contributed by atoms with Crippen LogP contribution in [0.4, 0.5) is 0 Å². The molecule has 0 aromatic heterocycles. The second-order valence-corrected chi connectivity index (χ2v) is 18.3. The molecular weight excluding hydrogens is 443 g/mol. The lowest BCUT2D eigenvalue weighted by atomic mass is 10.3. The third kappa shape index (κ3) is 6.88. The molecule has 0 N–H and O–H groups in total. The summed E-state index contributed by atoms with van der Waals surface area (Å²) < 4.78 is 11.5. The molecule has 0 aliphatic rings. The summed E-state index contributed by atoms with van der Waals surface area (Å²) in [6.45, 7) is 7.26. The Kier molecular flexibility index (Phi) is 9.05. The van der Waals surface area contributed by atoms with Gasteiger partial charge in [0.15, 0.2) is 5.78 Å². The van der Waals surface area contributed by atoms with Crippen LogP contribution in [-0.2, 0) is 14.3 Å². The quantitative estimate of drug-likeness (QED) is 0.167. The van der Waals surface area contributed by atoms with Gasteiger partial charge in [-0.15, -0.1) is 0 Å². The van der Waals surface area contributed by atoms with Gasteiger partial charge in [-0.25, -0.2) is 0 Å². The average molecular weight is 479 g/mol. The zero-order valence-corrected chi connectivity index (χ0v) is 22.0. The van der Waals surface area contributed by atoms with Gasteiger partial charge in [0.05, 0.1) is 0 Å². The maximum Gasteiger partial charge on any atom is 0.185 e. The van der Waals surface area contributed by atoms with Gasteiger partial charge >= 0.3 is 0 Å². The van der Waals surface area contributed by atoms with Gasteiger partial charge in [0, 0.05) is 14.7 Å². The molecule has 0 amide bonds. The van der Waals surface area contributed by atoms with Gasteiger partial charge in [-0.3, -0.25) is 4.79 Å². The van der Waals surface area contributed by atoms with Gasteiger partial charge in [0.2, 0.25) is 0 Å². The standard InChI is InChI=1S/C28H35O3PSi/c1-24(31-23-30-20-21-33(2,3)4)28(29)22-32(25-14-8-5-9-15-25,26-16-10-6-11-17-26)27-18-12-7-13-19-27/h5-19,22,24H,20-21,23H2,1-4H3/t24-/m1/s1. The summed E-state index contributed by atoms with van der Waals surface area (Å²) >= 11 is 0. The largest absolute Gasteiger partial charge is 0.356 e. The molecule has 0 radical (unpaired) electrons. The van der Waals surface area contributed by atoms with Gasteiger partial charge in [0.25, 0.3) is 0 Å². The van der Waals surface area contributed by atoms with E-state index in [0.717, 1.165) is 22.0 Å². The number of rotatable bonds is 11. The molecule has 0 unspecified atom stereocenters. The summed E-state index contributed by atoms with van der Waals surface area (Å²) in [5, 5.41) is 3.44. The van der Waals surface area contributed by atoms with Crippen LogP contribution in [0.25, 0.3) is 0 Å². The first-order valence-corrected chi connectivity index (χ1v) is 17.0. The minimum atomic E-state index is -2.32. The van der Waals surface area contributed by atoms with Crippen LogP contribution in [0.1, 0.15) is 6.92 Å². The van der Waals surface area contributed by atoms with Crippen molar-refractivity contribution in [1.82, 2.24) is 0 Å². The van der Waals surface area contributed by atoms with Crippen LogP contribution in [0.5, 0.6) is 0 Å². The molecular formula is C28H35O3PSi. The monoisotopic (exact) mass is 478 g/mol. The molecule has 3 rings (SSSR count). The summed E-state index contributed by atoms with van der Waals surface area (Å²) in [4.78, 5) is 13.5. The fraction of sp³-hybridized carbons (Fsp3) is 0.286. The average Bonchev–Trinajstić information content (AvgIpc) is 2.83. The molecule has 0 bridgehead atoms. The van der Waals surface area contributed by atoms with E-state index in [4.69, 9.17) is 9.47 Å². The lowest BCUT2D eigenvalue weighted by molar-refractivity contribution is -0.132. The summed E-state index contributed by atoms with van der Waals surface area (Å²) in [6, 6.07) is 32.1. The molecule has 33 heavy (non-hydrogen) atoms. The second kappa shape index (κ2) is 11.8. The van der Waals surface area contributed by atoms with Gasteiger partial charge in [-0.2, -0.15) is 0 Å². The molecule has 3 aromatic rings. The van der Waals surface area contributed by atoms with E-state index in [-0.39, 0.29) is 12.6 Å². The molecule has 3 nitrogen and oxygen atoms in total. The highest BCUT2D eigenvalue weighted by Gasteiger charge is 2.27. The minimum Gasteiger partial charge on any atom is -0.356 e. The Morgan fingerprint density at radius 1 is 0.818 bits per heavy atom. The van der Waals surface area contributed by atoms with E-state index in [1.54, 1.807) is 0 Å². The number of carbonyl (C=O) groups excluding carboxylic acids is 1. The molecule has 0 spiro atoms. The third-order valence-electron chi connectivity index (χ3n) is 5.61. The molecule has 0 aliphatic heterocycles. The maximum atomic E-state index is 13.5. The Bertz CT molecular complexity index is 957. The van der Waals surface area contributed by atoms with Crippen LogP contribution in [0, 0.1) is 0 Å². The fourth-order valence-corrected chi connectivity index (χ4v) is 8.24. The van der Waals surface area contributed by atoms with Gasteiger partial charge in [0.1, 0.15) is 12.9 Å². The van der Waals surface area contributed by atoms with E-state index in [2.05, 4.69) is 56.0 Å². The number of hydrogen-bond donors (Lipinski definition) is 0. The molecule has 0 saturated heterocycles. The van der Waals surface area contributed by atoms with Gasteiger partial charge in [-0.1, -0.05) is 111 Å². The fourth-order valence-electron chi connectivity index (χ4n) is 3.63. The van der Waals surface area contributed by atoms with E-state index in [9.17, 15) is 4.79 Å². The van der Waals surface area contributed by atoms with Crippen LogP contribution in [0.15, 0.2) is 91.0 Å². The molecule has 0 aliphatic carbocycles. The number of carbonyl (C=O) groups is 1. The van der Waals surface area contributed by atoms with Crippen LogP contribution in [0.2, 0.25) is 25.7 Å². The number of hydrogen-bond acceptors (Lipinski definition) is 3. The SMILES string of the molecule is C[C@@H](OCOCC[Si](C)(C)C)C(=O)C=P(c1ccccc1)(c1ccccc1)c1ccccc1. The topological polar surface area (TPSA) is 35.5 Å². The molecule has 1 atom stereocenters. The van der Waals surface area contributed by atoms with E-state index in [0.29, 0.717) is 6.61 Å². The van der Waals surface area contributed by atoms with E-state index < -0.39 is 21.1 Å². The van der Waals surface area contributed by atoms with Gasteiger partial charge < -0.3 is 9.47 Å². The first-order chi connectivity index (χ1) is 15.8. The lowest BCUT2D eigenvalue weighted by Crippen LogP contribution is -2.32. The van der Waals surface area contributed by atoms with Crippen molar-refractivity contribution >= 4 is 42.5 Å². The summed E-state index contributed by atoms with van der Waals surface area (Å²) in [7, 11) is -1.15. The van der Waals surface area contributed by atoms with Crippen molar-refractivity contribution in [2.24, 2.45) is 0 Å². The van der Waals surface area contributed by atoms with Crippen molar-refractivity contribution in [2.75, 3.05) is 13.4 Å². The van der Waals surface area contributed by atoms with Crippen LogP contribution in [-0.4, -0.2) is 39.2 Å². The zero-order valence-electron chi connectivity index (χ0n) is 20.1. The highest BCUT2D eigenvalue weighted by atomic mass is 31.2. The minimum absolute atomic E-state index is 0.0197. The third-order valence-corrected chi connectivity index (χ3v) is 11.3. The molecule has 0 fully saturated rings. The Hall–Kier alpha value is -2.23. The molecule has 0 heterocycles. The van der Waals surface area contributed by atoms with Crippen molar-refractivity contribution in [3.63, 3.8) is 0 Å². The van der Waals surface area contributed by atoms with Crippen LogP contribution in [0.3, 0.4) is 0 Å². The van der Waals surface area contributed by atoms with Crippen molar-refractivity contribution in [3.8, 4) is 0 Å². The number of benzene rings is 3. The van der Waals surface area contributed by atoms with E-state index in [1.807, 2.05) is 67.3 Å². The predicted molar refractivity (Wildman–Crippen MR) is 146 cm³/mol. The molecule has 0 saturated carbocycles. The lowest BCUT2D eigenvalue weighted by Gasteiger charge is -2.29. The molecule has 174 valence electrons. The van der Waals surface area contributed by atoms with Crippen LogP contribution >= 0.6 is 6.89 Å². The summed E-state index contributed by atoms with van der Waals surface area (Å²) in [5.74, 6) is 1.91. The normalized spacial score (nSPS) is 12.8. The molecule has 5 heteroatoms. The summed E-state index contributed by atoms with van der Waals surface area (Å²) in [6.07, 6.45) is -0.576. The Morgan fingerprint density at radius 2 is 1.24 bits per heavy atom. The van der Waals surface area contributed by atoms with Crippen molar-refractivity contribution in [3.05, 3.63) is 91.0 Å². The van der Waals surface area contributed by atoms with Crippen molar-refractivity contribution in [1.29, 1.82) is 0 Å². The van der Waals surface area contributed by atoms with Crippen molar-refractivity contribution < 1.29 is 14.3 Å². The number of ketones is 1. The number of Topliss-reactive ketones (excluding diaryl/α,β-unsaturated/α-hetero) is 1. The van der Waals surface area contributed by atoms with Crippen LogP contribution < -0.4 is 15.9 Å². The van der Waals surface area contributed by atoms with Gasteiger partial charge in [-0.05, 0) is 41.6 Å². The van der Waals surface area contributed by atoms with Crippen molar-refractivity contribution in [2.45, 2.75) is 38.7 Å². The smallest absolute Gasteiger partial charge is 0.185 e. The first kappa shape index (κ1) is 25.4. The number of ether oxygens (including phenoxy) is 2. The van der Waals surface area contributed by atoms with E-state index >= 15 is 0 Å². The zero-order chi connectivity index (χ0) is 23.7. The Morgan fingerprint density at radius 3 is 1.64 bits per heavy atom. The maximum absolute atomic E-state index is 13.5. The Balaban J connectivity index is 1.97. The Labute approximate surface area is 199 Å². The predicted octanol–water partition coefficient (Wildman–Crippen LogP) is 5.07. The first-order valence-electron chi connectivity index (χ1n) is 11.5. The highest BCUT2D eigenvalue weighted by molar-refractivity contribution is 7.95.